The number of thioether (sulfide) groups is 1. The number of para-hydroxylation sites is 1. The predicted octanol–water partition coefficient (Wildman–Crippen LogP) is 6.97. The third-order valence-electron chi connectivity index (χ3n) is 6.48. The summed E-state index contributed by atoms with van der Waals surface area (Å²) in [6, 6.07) is 13.5. The highest BCUT2D eigenvalue weighted by atomic mass is 79.9. The van der Waals surface area contributed by atoms with Crippen molar-refractivity contribution >= 4 is 56.5 Å². The topological polar surface area (TPSA) is 77.4 Å². The van der Waals surface area contributed by atoms with Gasteiger partial charge in [-0.1, -0.05) is 38.0 Å². The minimum Gasteiger partial charge on any atom is -0.490 e. The lowest BCUT2D eigenvalue weighted by molar-refractivity contribution is -0.145. The second kappa shape index (κ2) is 13.3. The van der Waals surface area contributed by atoms with E-state index in [0.717, 1.165) is 30.5 Å². The number of nitrogens with zero attached hydrogens (tertiary/aromatic N) is 2. The largest absolute Gasteiger partial charge is 0.490 e. The molecule has 1 heterocycles. The van der Waals surface area contributed by atoms with Gasteiger partial charge in [-0.2, -0.15) is 0 Å². The Balaban J connectivity index is 1.67. The number of ether oxygens (including phenoxy) is 3. The molecule has 1 aliphatic heterocycles. The van der Waals surface area contributed by atoms with E-state index in [1.54, 1.807) is 6.92 Å². The molecule has 7 nitrogen and oxygen atoms in total. The SMILES string of the molecule is CCOC(=O)COc1c(Br)cc(/C=C2\SC(=Nc3ccccc3)N([C@@H]3CCCC[C@@H]3C)C2=O)cc1OCC. The summed E-state index contributed by atoms with van der Waals surface area (Å²) in [5.74, 6) is 0.812. The molecule has 0 bridgehead atoms. The van der Waals surface area contributed by atoms with Gasteiger partial charge in [0.05, 0.1) is 28.3 Å². The Labute approximate surface area is 236 Å². The maximum atomic E-state index is 13.8. The third kappa shape index (κ3) is 6.80. The fourth-order valence-corrected chi connectivity index (χ4v) is 6.33. The first kappa shape index (κ1) is 28.2. The third-order valence-corrected chi connectivity index (χ3v) is 8.06. The van der Waals surface area contributed by atoms with E-state index in [-0.39, 0.29) is 25.2 Å². The van der Waals surface area contributed by atoms with Crippen LogP contribution < -0.4 is 9.47 Å². The van der Waals surface area contributed by atoms with Crippen molar-refractivity contribution in [2.45, 2.75) is 52.5 Å². The number of aliphatic imine (C=N–C) groups is 1. The maximum Gasteiger partial charge on any atom is 0.344 e. The van der Waals surface area contributed by atoms with E-state index in [4.69, 9.17) is 19.2 Å². The van der Waals surface area contributed by atoms with E-state index in [9.17, 15) is 9.59 Å². The number of esters is 1. The van der Waals surface area contributed by atoms with Crippen LogP contribution in [0.1, 0.15) is 52.0 Å². The smallest absolute Gasteiger partial charge is 0.344 e. The van der Waals surface area contributed by atoms with Crippen molar-refractivity contribution in [3.8, 4) is 11.5 Å². The van der Waals surface area contributed by atoms with E-state index in [1.165, 1.54) is 18.2 Å². The molecule has 1 saturated carbocycles. The van der Waals surface area contributed by atoms with Crippen LogP contribution in [0, 0.1) is 5.92 Å². The summed E-state index contributed by atoms with van der Waals surface area (Å²) in [4.78, 5) is 33.0. The molecule has 2 fully saturated rings. The molecular formula is C29H33BrN2O5S. The minimum absolute atomic E-state index is 0.0276. The number of halogens is 1. The number of hydrogen-bond donors (Lipinski definition) is 0. The summed E-state index contributed by atoms with van der Waals surface area (Å²) >= 11 is 4.95. The number of carbonyl (C=O) groups excluding carboxylic acids is 2. The first-order valence-electron chi connectivity index (χ1n) is 13.0. The van der Waals surface area contributed by atoms with Gasteiger partial charge < -0.3 is 14.2 Å². The lowest BCUT2D eigenvalue weighted by Gasteiger charge is -2.35. The average molecular weight is 602 g/mol. The van der Waals surface area contributed by atoms with Gasteiger partial charge in [0.2, 0.25) is 0 Å². The van der Waals surface area contributed by atoms with Crippen molar-refractivity contribution in [3.63, 3.8) is 0 Å². The molecule has 0 radical (unpaired) electrons. The molecule has 9 heteroatoms. The van der Waals surface area contributed by atoms with Crippen LogP contribution in [0.4, 0.5) is 5.69 Å². The Hall–Kier alpha value is -2.78. The zero-order valence-electron chi connectivity index (χ0n) is 21.9. The van der Waals surface area contributed by atoms with Gasteiger partial charge in [0.15, 0.2) is 23.3 Å². The number of benzene rings is 2. The quantitative estimate of drug-likeness (QED) is 0.228. The van der Waals surface area contributed by atoms with Gasteiger partial charge in [-0.05, 0) is 96.2 Å². The standard InChI is InChI=1S/C29H33BrN2O5S/c1-4-35-24-16-20(15-22(30)27(24)37-18-26(33)36-5-2)17-25-28(34)32(23-14-10-9-11-19(23)3)29(38-25)31-21-12-7-6-8-13-21/h6-8,12-13,15-17,19,23H,4-5,9-11,14,18H2,1-3H3/b25-17-,31-29?/t19-,23+/m0/s1. The molecule has 0 N–H and O–H groups in total. The molecule has 0 spiro atoms. The Morgan fingerprint density at radius 1 is 1.13 bits per heavy atom. The van der Waals surface area contributed by atoms with Crippen molar-refractivity contribution in [2.24, 2.45) is 10.9 Å². The van der Waals surface area contributed by atoms with Gasteiger partial charge in [0.1, 0.15) is 0 Å². The number of carbonyl (C=O) groups is 2. The van der Waals surface area contributed by atoms with Crippen LogP contribution in [0.25, 0.3) is 6.08 Å². The van der Waals surface area contributed by atoms with Gasteiger partial charge in [-0.15, -0.1) is 0 Å². The van der Waals surface area contributed by atoms with Crippen LogP contribution in [0.2, 0.25) is 0 Å². The number of amidine groups is 1. The zero-order valence-corrected chi connectivity index (χ0v) is 24.3. The normalized spacial score (nSPS) is 21.7. The van der Waals surface area contributed by atoms with Gasteiger partial charge in [0, 0.05) is 6.04 Å². The molecule has 2 aromatic carbocycles. The highest BCUT2D eigenvalue weighted by Gasteiger charge is 2.41. The number of amides is 1. The molecule has 0 unspecified atom stereocenters. The zero-order chi connectivity index (χ0) is 27.1. The number of rotatable bonds is 9. The second-order valence-electron chi connectivity index (χ2n) is 9.20. The monoisotopic (exact) mass is 600 g/mol. The molecule has 1 amide bonds. The minimum atomic E-state index is -0.455. The fourth-order valence-electron chi connectivity index (χ4n) is 4.71. The van der Waals surface area contributed by atoms with E-state index in [2.05, 4.69) is 22.9 Å². The van der Waals surface area contributed by atoms with Gasteiger partial charge in [-0.3, -0.25) is 9.69 Å². The summed E-state index contributed by atoms with van der Waals surface area (Å²) in [5.41, 5.74) is 1.60. The van der Waals surface area contributed by atoms with Crippen LogP contribution in [-0.4, -0.2) is 47.8 Å². The highest BCUT2D eigenvalue weighted by molar-refractivity contribution is 9.10. The average Bonchev–Trinajstić information content (AvgIpc) is 3.18. The fraction of sp³-hybridized carbons (Fsp3) is 0.414. The molecule has 4 rings (SSSR count). The Morgan fingerprint density at radius 2 is 1.89 bits per heavy atom. The van der Waals surface area contributed by atoms with Crippen LogP contribution in [0.3, 0.4) is 0 Å². The van der Waals surface area contributed by atoms with Crippen molar-refractivity contribution in [1.82, 2.24) is 4.90 Å². The molecule has 38 heavy (non-hydrogen) atoms. The van der Waals surface area contributed by atoms with E-state index in [0.29, 0.717) is 38.6 Å². The number of hydrogen-bond acceptors (Lipinski definition) is 7. The Kier molecular flexibility index (Phi) is 9.91. The summed E-state index contributed by atoms with van der Waals surface area (Å²) in [6.45, 7) is 6.32. The molecule has 1 aliphatic carbocycles. The van der Waals surface area contributed by atoms with Gasteiger partial charge in [-0.25, -0.2) is 9.79 Å². The molecule has 0 aromatic heterocycles. The van der Waals surface area contributed by atoms with E-state index >= 15 is 0 Å². The van der Waals surface area contributed by atoms with Crippen molar-refractivity contribution in [3.05, 3.63) is 57.4 Å². The van der Waals surface area contributed by atoms with Crippen LogP contribution in [-0.2, 0) is 14.3 Å². The summed E-state index contributed by atoms with van der Waals surface area (Å²) in [5, 5.41) is 0.713. The van der Waals surface area contributed by atoms with Crippen LogP contribution >= 0.6 is 27.7 Å². The maximum absolute atomic E-state index is 13.8. The molecule has 2 aromatic rings. The highest BCUT2D eigenvalue weighted by Crippen LogP contribution is 2.42. The molecule has 202 valence electrons. The van der Waals surface area contributed by atoms with Crippen LogP contribution in [0.5, 0.6) is 11.5 Å². The lowest BCUT2D eigenvalue weighted by Crippen LogP contribution is -2.44. The van der Waals surface area contributed by atoms with Crippen LogP contribution in [0.15, 0.2) is 56.8 Å². The van der Waals surface area contributed by atoms with Crippen molar-refractivity contribution in [2.75, 3.05) is 19.8 Å². The second-order valence-corrected chi connectivity index (χ2v) is 11.1. The molecule has 2 aliphatic rings. The molecule has 2 atom stereocenters. The van der Waals surface area contributed by atoms with Crippen molar-refractivity contribution < 1.29 is 23.8 Å². The predicted molar refractivity (Wildman–Crippen MR) is 155 cm³/mol. The Morgan fingerprint density at radius 3 is 2.61 bits per heavy atom. The van der Waals surface area contributed by atoms with E-state index in [1.807, 2.05) is 60.4 Å². The Bertz CT molecular complexity index is 1220. The summed E-state index contributed by atoms with van der Waals surface area (Å²) < 4.78 is 17.1. The molecule has 1 saturated heterocycles. The first-order valence-corrected chi connectivity index (χ1v) is 14.6. The van der Waals surface area contributed by atoms with Gasteiger partial charge >= 0.3 is 5.97 Å². The summed E-state index contributed by atoms with van der Waals surface area (Å²) in [7, 11) is 0. The van der Waals surface area contributed by atoms with Crippen molar-refractivity contribution in [1.29, 1.82) is 0 Å². The summed E-state index contributed by atoms with van der Waals surface area (Å²) in [6.07, 6.45) is 6.25. The van der Waals surface area contributed by atoms with Gasteiger partial charge in [0.25, 0.3) is 5.91 Å². The lowest BCUT2D eigenvalue weighted by atomic mass is 9.85. The van der Waals surface area contributed by atoms with E-state index < -0.39 is 5.97 Å². The first-order chi connectivity index (χ1) is 18.4. The molecular weight excluding hydrogens is 568 g/mol.